The molecular formula is C17H21N2O6-. The van der Waals surface area contributed by atoms with E-state index in [0.29, 0.717) is 39.1 Å². The minimum Gasteiger partial charge on any atom is -0.550 e. The maximum absolute atomic E-state index is 12.9. The first-order valence-electron chi connectivity index (χ1n) is 8.77. The predicted molar refractivity (Wildman–Crippen MR) is 82.1 cm³/mol. The summed E-state index contributed by atoms with van der Waals surface area (Å²) in [5.74, 6) is -3.01. The van der Waals surface area contributed by atoms with Crippen molar-refractivity contribution < 1.29 is 29.0 Å². The smallest absolute Gasteiger partial charge is 0.409 e. The zero-order valence-corrected chi connectivity index (χ0v) is 14.1. The third kappa shape index (κ3) is 2.34. The van der Waals surface area contributed by atoms with Crippen molar-refractivity contribution in [2.24, 2.45) is 11.8 Å². The molecule has 2 amide bonds. The van der Waals surface area contributed by atoms with Gasteiger partial charge in [-0.05, 0) is 19.8 Å². The summed E-state index contributed by atoms with van der Waals surface area (Å²) in [5, 5.41) is 11.5. The van der Waals surface area contributed by atoms with Gasteiger partial charge in [-0.1, -0.05) is 12.2 Å². The normalized spacial score (nSPS) is 36.8. The van der Waals surface area contributed by atoms with Crippen LogP contribution in [0.15, 0.2) is 12.2 Å². The van der Waals surface area contributed by atoms with Gasteiger partial charge in [-0.25, -0.2) is 4.79 Å². The summed E-state index contributed by atoms with van der Waals surface area (Å²) in [5.41, 5.74) is -0.829. The number of aliphatic carboxylic acids is 1. The van der Waals surface area contributed by atoms with Crippen molar-refractivity contribution in [1.29, 1.82) is 0 Å². The molecule has 4 aliphatic heterocycles. The highest BCUT2D eigenvalue weighted by Gasteiger charge is 2.66. The number of piperidine rings is 1. The topological polar surface area (TPSA) is 99.2 Å². The summed E-state index contributed by atoms with van der Waals surface area (Å²) >= 11 is 0. The molecule has 3 saturated heterocycles. The largest absolute Gasteiger partial charge is 0.550 e. The molecule has 4 aliphatic rings. The van der Waals surface area contributed by atoms with Gasteiger partial charge in [0, 0.05) is 31.0 Å². The van der Waals surface area contributed by atoms with Gasteiger partial charge in [-0.15, -0.1) is 0 Å². The molecule has 0 aliphatic carbocycles. The fourth-order valence-corrected chi connectivity index (χ4v) is 4.68. The fourth-order valence-electron chi connectivity index (χ4n) is 4.68. The molecule has 0 aromatic heterocycles. The van der Waals surface area contributed by atoms with Crippen LogP contribution in [0.4, 0.5) is 4.79 Å². The molecule has 0 radical (unpaired) electrons. The molecular weight excluding hydrogens is 328 g/mol. The number of rotatable bonds is 3. The van der Waals surface area contributed by atoms with Crippen LogP contribution in [-0.4, -0.2) is 71.8 Å². The Kier molecular flexibility index (Phi) is 3.75. The van der Waals surface area contributed by atoms with Crippen molar-refractivity contribution in [3.8, 4) is 0 Å². The Morgan fingerprint density at radius 3 is 2.76 bits per heavy atom. The van der Waals surface area contributed by atoms with Crippen molar-refractivity contribution in [3.05, 3.63) is 12.2 Å². The van der Waals surface area contributed by atoms with E-state index in [1.165, 1.54) is 0 Å². The Balaban J connectivity index is 1.46. The zero-order valence-electron chi connectivity index (χ0n) is 14.1. The van der Waals surface area contributed by atoms with E-state index in [2.05, 4.69) is 0 Å². The Hall–Kier alpha value is -2.09. The third-order valence-electron chi connectivity index (χ3n) is 5.83. The van der Waals surface area contributed by atoms with Gasteiger partial charge in [0.2, 0.25) is 5.91 Å². The molecule has 25 heavy (non-hydrogen) atoms. The highest BCUT2D eigenvalue weighted by Crippen LogP contribution is 2.52. The quantitative estimate of drug-likeness (QED) is 0.615. The fraction of sp³-hybridized carbons (Fsp3) is 0.706. The van der Waals surface area contributed by atoms with Gasteiger partial charge in [0.25, 0.3) is 0 Å². The minimum atomic E-state index is -1.23. The third-order valence-corrected chi connectivity index (χ3v) is 5.83. The van der Waals surface area contributed by atoms with Crippen molar-refractivity contribution in [2.75, 3.05) is 26.2 Å². The van der Waals surface area contributed by atoms with Crippen LogP contribution < -0.4 is 5.11 Å². The number of carboxylic acid groups (broad SMARTS) is 1. The lowest BCUT2D eigenvalue weighted by Crippen LogP contribution is -2.49. The minimum absolute atomic E-state index is 0.0170. The summed E-state index contributed by atoms with van der Waals surface area (Å²) in [6, 6.07) is -0.0170. The van der Waals surface area contributed by atoms with E-state index >= 15 is 0 Å². The Bertz CT molecular complexity index is 641. The van der Waals surface area contributed by atoms with Crippen molar-refractivity contribution in [2.45, 2.75) is 37.5 Å². The SMILES string of the molecule is CCOC(=O)N1CCC(N2C[C@]34C=C[C@H](O3)[C@H](C(=O)[O-])[C@@H]4C2=O)CC1. The second-order valence-corrected chi connectivity index (χ2v) is 7.10. The van der Waals surface area contributed by atoms with Crippen LogP contribution in [0.2, 0.25) is 0 Å². The predicted octanol–water partition coefficient (Wildman–Crippen LogP) is -0.861. The number of ether oxygens (including phenoxy) is 2. The summed E-state index contributed by atoms with van der Waals surface area (Å²) in [4.78, 5) is 39.6. The molecule has 1 spiro atoms. The Morgan fingerprint density at radius 1 is 1.40 bits per heavy atom. The molecule has 0 saturated carbocycles. The summed E-state index contributed by atoms with van der Waals surface area (Å²) in [7, 11) is 0. The number of likely N-dealkylation sites (tertiary alicyclic amines) is 2. The van der Waals surface area contributed by atoms with E-state index in [1.54, 1.807) is 22.8 Å². The highest BCUT2D eigenvalue weighted by molar-refractivity contribution is 5.90. The van der Waals surface area contributed by atoms with Crippen LogP contribution in [0, 0.1) is 11.8 Å². The van der Waals surface area contributed by atoms with E-state index in [-0.39, 0.29) is 18.0 Å². The van der Waals surface area contributed by atoms with Gasteiger partial charge < -0.3 is 29.2 Å². The maximum Gasteiger partial charge on any atom is 0.409 e. The molecule has 4 heterocycles. The van der Waals surface area contributed by atoms with E-state index < -0.39 is 29.5 Å². The Morgan fingerprint density at radius 2 is 2.12 bits per heavy atom. The molecule has 0 unspecified atom stereocenters. The lowest BCUT2D eigenvalue weighted by atomic mass is 9.77. The first kappa shape index (κ1) is 16.4. The van der Waals surface area contributed by atoms with E-state index in [9.17, 15) is 19.5 Å². The van der Waals surface area contributed by atoms with Gasteiger partial charge in [-0.2, -0.15) is 0 Å². The molecule has 0 N–H and O–H groups in total. The van der Waals surface area contributed by atoms with Crippen LogP contribution in [0.1, 0.15) is 19.8 Å². The van der Waals surface area contributed by atoms with Gasteiger partial charge in [0.15, 0.2) is 0 Å². The van der Waals surface area contributed by atoms with E-state index in [4.69, 9.17) is 9.47 Å². The van der Waals surface area contributed by atoms with Crippen LogP contribution in [0.25, 0.3) is 0 Å². The molecule has 4 atom stereocenters. The first-order valence-corrected chi connectivity index (χ1v) is 8.77. The maximum atomic E-state index is 12.9. The van der Waals surface area contributed by atoms with Crippen LogP contribution in [-0.2, 0) is 19.1 Å². The van der Waals surface area contributed by atoms with Crippen LogP contribution >= 0.6 is 0 Å². The molecule has 0 aromatic carbocycles. The molecule has 4 rings (SSSR count). The van der Waals surface area contributed by atoms with Gasteiger partial charge in [0.05, 0.1) is 25.2 Å². The van der Waals surface area contributed by atoms with Gasteiger partial charge in [0.1, 0.15) is 5.60 Å². The number of amides is 2. The van der Waals surface area contributed by atoms with Gasteiger partial charge in [-0.3, -0.25) is 4.79 Å². The van der Waals surface area contributed by atoms with Crippen molar-refractivity contribution in [3.63, 3.8) is 0 Å². The number of carboxylic acids is 1. The average molecular weight is 349 g/mol. The lowest BCUT2D eigenvalue weighted by Gasteiger charge is -2.37. The molecule has 3 fully saturated rings. The highest BCUT2D eigenvalue weighted by atomic mass is 16.6. The number of hydrogen-bond acceptors (Lipinski definition) is 6. The van der Waals surface area contributed by atoms with Crippen LogP contribution in [0.3, 0.4) is 0 Å². The first-order chi connectivity index (χ1) is 12.0. The molecule has 8 heteroatoms. The average Bonchev–Trinajstić information content (AvgIpc) is 3.23. The Labute approximate surface area is 145 Å². The number of hydrogen-bond donors (Lipinski definition) is 0. The molecule has 136 valence electrons. The lowest BCUT2D eigenvalue weighted by molar-refractivity contribution is -0.313. The van der Waals surface area contributed by atoms with Crippen molar-refractivity contribution in [1.82, 2.24) is 9.80 Å². The second kappa shape index (κ2) is 5.72. The van der Waals surface area contributed by atoms with E-state index in [0.717, 1.165) is 0 Å². The van der Waals surface area contributed by atoms with Crippen LogP contribution in [0.5, 0.6) is 0 Å². The number of carbonyl (C=O) groups is 3. The molecule has 2 bridgehead atoms. The monoisotopic (exact) mass is 349 g/mol. The molecule has 8 nitrogen and oxygen atoms in total. The zero-order chi connectivity index (χ0) is 17.8. The standard InChI is InChI=1S/C17H22N2O6/c1-2-24-16(23)18-7-4-10(5-8-18)19-9-17-6-3-11(25-17)12(15(21)22)13(17)14(19)20/h3,6,10-13H,2,4-5,7-9H2,1H3,(H,21,22)/p-1/t11-,12-,13+,17-/m0/s1. The number of carbonyl (C=O) groups excluding carboxylic acids is 3. The molecule has 0 aromatic rings. The van der Waals surface area contributed by atoms with Crippen molar-refractivity contribution >= 4 is 18.0 Å². The summed E-state index contributed by atoms with van der Waals surface area (Å²) < 4.78 is 10.9. The summed E-state index contributed by atoms with van der Waals surface area (Å²) in [6.45, 7) is 3.52. The van der Waals surface area contributed by atoms with E-state index in [1.807, 2.05) is 6.08 Å². The summed E-state index contributed by atoms with van der Waals surface area (Å²) in [6.07, 6.45) is 3.98. The number of nitrogens with zero attached hydrogens (tertiary/aromatic N) is 2. The number of fused-ring (bicyclic) bond motifs is 1. The second-order valence-electron chi connectivity index (χ2n) is 7.10. The van der Waals surface area contributed by atoms with Gasteiger partial charge >= 0.3 is 6.09 Å².